The molecule has 2 aromatic carbocycles. The van der Waals surface area contributed by atoms with Crippen LogP contribution in [-0.2, 0) is 6.42 Å². The maximum Gasteiger partial charge on any atom is 0.119 e. The molecular weight excluding hydrogens is 283 g/mol. The summed E-state index contributed by atoms with van der Waals surface area (Å²) in [5.74, 6) is 0.991. The van der Waals surface area contributed by atoms with Crippen molar-refractivity contribution in [2.24, 2.45) is 0 Å². The van der Waals surface area contributed by atoms with Crippen molar-refractivity contribution in [2.45, 2.75) is 13.3 Å². The Kier molecular flexibility index (Phi) is 4.56. The molecule has 2 nitrogen and oxygen atoms in total. The van der Waals surface area contributed by atoms with E-state index in [-0.39, 0.29) is 5.75 Å². The lowest BCUT2D eigenvalue weighted by molar-refractivity contribution is 0.339. The zero-order valence-electron chi connectivity index (χ0n) is 10.5. The highest BCUT2D eigenvalue weighted by molar-refractivity contribution is 6.42. The third-order valence-corrected chi connectivity index (χ3v) is 3.48. The lowest BCUT2D eigenvalue weighted by atomic mass is 10.0. The molecule has 100 valence electrons. The smallest absolute Gasteiger partial charge is 0.119 e. The van der Waals surface area contributed by atoms with Crippen molar-refractivity contribution in [1.82, 2.24) is 0 Å². The SMILES string of the molecule is CCOc1ccc(O)c(Cc2ccc(Cl)c(Cl)c2)c1. The van der Waals surface area contributed by atoms with Gasteiger partial charge in [-0.2, -0.15) is 0 Å². The molecule has 0 radical (unpaired) electrons. The van der Waals surface area contributed by atoms with E-state index in [0.717, 1.165) is 16.9 Å². The molecule has 0 spiro atoms. The standard InChI is InChI=1S/C15H14Cl2O2/c1-2-19-12-4-6-15(18)11(9-12)7-10-3-5-13(16)14(17)8-10/h3-6,8-9,18H,2,7H2,1H3. The number of benzene rings is 2. The average Bonchev–Trinajstić information content (AvgIpc) is 2.38. The van der Waals surface area contributed by atoms with Crippen LogP contribution >= 0.6 is 23.2 Å². The minimum atomic E-state index is 0.245. The lowest BCUT2D eigenvalue weighted by Gasteiger charge is -2.09. The molecule has 0 atom stereocenters. The van der Waals surface area contributed by atoms with Gasteiger partial charge in [-0.05, 0) is 42.8 Å². The molecule has 0 heterocycles. The van der Waals surface area contributed by atoms with E-state index in [1.165, 1.54) is 0 Å². The van der Waals surface area contributed by atoms with Gasteiger partial charge in [-0.25, -0.2) is 0 Å². The lowest BCUT2D eigenvalue weighted by Crippen LogP contribution is -1.94. The van der Waals surface area contributed by atoms with Crippen molar-refractivity contribution >= 4 is 23.2 Å². The summed E-state index contributed by atoms with van der Waals surface area (Å²) >= 11 is 11.9. The molecule has 0 saturated carbocycles. The molecule has 0 amide bonds. The predicted molar refractivity (Wildman–Crippen MR) is 78.5 cm³/mol. The van der Waals surface area contributed by atoms with Crippen LogP contribution in [0.5, 0.6) is 11.5 Å². The normalized spacial score (nSPS) is 10.5. The third kappa shape index (κ3) is 3.55. The summed E-state index contributed by atoms with van der Waals surface area (Å²) in [6.45, 7) is 2.52. The number of phenols is 1. The molecule has 0 aliphatic carbocycles. The molecule has 2 rings (SSSR count). The molecule has 1 N–H and O–H groups in total. The molecule has 0 aromatic heterocycles. The van der Waals surface area contributed by atoms with Crippen molar-refractivity contribution in [3.63, 3.8) is 0 Å². The second-order valence-electron chi connectivity index (χ2n) is 4.15. The van der Waals surface area contributed by atoms with E-state index >= 15 is 0 Å². The van der Waals surface area contributed by atoms with Crippen molar-refractivity contribution < 1.29 is 9.84 Å². The van der Waals surface area contributed by atoms with E-state index in [9.17, 15) is 5.11 Å². The minimum Gasteiger partial charge on any atom is -0.508 e. The van der Waals surface area contributed by atoms with E-state index in [2.05, 4.69) is 0 Å². The fourth-order valence-corrected chi connectivity index (χ4v) is 2.15. The monoisotopic (exact) mass is 296 g/mol. The molecule has 19 heavy (non-hydrogen) atoms. The van der Waals surface area contributed by atoms with Gasteiger partial charge in [0.15, 0.2) is 0 Å². The summed E-state index contributed by atoms with van der Waals surface area (Å²) in [6.07, 6.45) is 0.573. The van der Waals surface area contributed by atoms with Crippen LogP contribution in [-0.4, -0.2) is 11.7 Å². The van der Waals surface area contributed by atoms with Crippen LogP contribution in [0.2, 0.25) is 10.0 Å². The molecule has 0 unspecified atom stereocenters. The summed E-state index contributed by atoms with van der Waals surface area (Å²) in [6, 6.07) is 10.7. The van der Waals surface area contributed by atoms with Gasteiger partial charge >= 0.3 is 0 Å². The number of hydrogen-bond acceptors (Lipinski definition) is 2. The van der Waals surface area contributed by atoms with Crippen LogP contribution in [0.25, 0.3) is 0 Å². The van der Waals surface area contributed by atoms with Crippen molar-refractivity contribution in [1.29, 1.82) is 0 Å². The summed E-state index contributed by atoms with van der Waals surface area (Å²) < 4.78 is 5.42. The number of hydrogen-bond donors (Lipinski definition) is 1. The van der Waals surface area contributed by atoms with E-state index in [1.807, 2.05) is 19.1 Å². The van der Waals surface area contributed by atoms with Gasteiger partial charge in [0.25, 0.3) is 0 Å². The number of aromatic hydroxyl groups is 1. The molecule has 0 aliphatic heterocycles. The van der Waals surface area contributed by atoms with Crippen molar-refractivity contribution in [3.8, 4) is 11.5 Å². The van der Waals surface area contributed by atoms with Crippen LogP contribution in [0.15, 0.2) is 36.4 Å². The molecule has 0 aliphatic rings. The Labute approximate surface area is 122 Å². The Morgan fingerprint density at radius 2 is 1.84 bits per heavy atom. The Bertz CT molecular complexity index is 582. The van der Waals surface area contributed by atoms with E-state index < -0.39 is 0 Å². The maximum atomic E-state index is 9.87. The second-order valence-corrected chi connectivity index (χ2v) is 4.96. The Morgan fingerprint density at radius 1 is 1.05 bits per heavy atom. The second kappa shape index (κ2) is 6.18. The first-order valence-electron chi connectivity index (χ1n) is 5.98. The highest BCUT2D eigenvalue weighted by atomic mass is 35.5. The Balaban J connectivity index is 2.26. The number of phenolic OH excluding ortho intramolecular Hbond substituents is 1. The summed E-state index contributed by atoms with van der Waals surface area (Å²) in [5.41, 5.74) is 1.78. The van der Waals surface area contributed by atoms with Gasteiger partial charge in [-0.3, -0.25) is 0 Å². The Hall–Kier alpha value is -1.38. The number of halogens is 2. The minimum absolute atomic E-state index is 0.245. The van der Waals surface area contributed by atoms with E-state index in [0.29, 0.717) is 23.1 Å². The van der Waals surface area contributed by atoms with Crippen LogP contribution in [0.3, 0.4) is 0 Å². The number of ether oxygens (including phenoxy) is 1. The van der Waals surface area contributed by atoms with Crippen LogP contribution in [0, 0.1) is 0 Å². The van der Waals surface area contributed by atoms with E-state index in [1.54, 1.807) is 24.3 Å². The summed E-state index contributed by atoms with van der Waals surface area (Å²) in [7, 11) is 0. The fourth-order valence-electron chi connectivity index (χ4n) is 1.83. The van der Waals surface area contributed by atoms with Gasteiger partial charge in [0, 0.05) is 12.0 Å². The highest BCUT2D eigenvalue weighted by Gasteiger charge is 2.06. The molecular formula is C15H14Cl2O2. The molecule has 0 bridgehead atoms. The first-order chi connectivity index (χ1) is 9.10. The van der Waals surface area contributed by atoms with Crippen molar-refractivity contribution in [2.75, 3.05) is 6.61 Å². The predicted octanol–water partition coefficient (Wildman–Crippen LogP) is 4.69. The number of rotatable bonds is 4. The summed E-state index contributed by atoms with van der Waals surface area (Å²) in [5, 5.41) is 10.9. The van der Waals surface area contributed by atoms with Gasteiger partial charge in [-0.1, -0.05) is 29.3 Å². The highest BCUT2D eigenvalue weighted by Crippen LogP contribution is 2.28. The zero-order valence-corrected chi connectivity index (χ0v) is 12.0. The first kappa shape index (κ1) is 14.0. The third-order valence-electron chi connectivity index (χ3n) is 2.74. The molecule has 4 heteroatoms. The molecule has 0 saturated heterocycles. The topological polar surface area (TPSA) is 29.5 Å². The van der Waals surface area contributed by atoms with Crippen LogP contribution in [0.1, 0.15) is 18.1 Å². The Morgan fingerprint density at radius 3 is 2.53 bits per heavy atom. The quantitative estimate of drug-likeness (QED) is 0.887. The van der Waals surface area contributed by atoms with Gasteiger partial charge in [0.2, 0.25) is 0 Å². The van der Waals surface area contributed by atoms with Crippen molar-refractivity contribution in [3.05, 3.63) is 57.6 Å². The van der Waals surface area contributed by atoms with Gasteiger partial charge in [0.1, 0.15) is 11.5 Å². The zero-order chi connectivity index (χ0) is 13.8. The van der Waals surface area contributed by atoms with E-state index in [4.69, 9.17) is 27.9 Å². The van der Waals surface area contributed by atoms with Gasteiger partial charge in [0.05, 0.1) is 16.7 Å². The van der Waals surface area contributed by atoms with Gasteiger partial charge < -0.3 is 9.84 Å². The summed E-state index contributed by atoms with van der Waals surface area (Å²) in [4.78, 5) is 0. The molecule has 2 aromatic rings. The fraction of sp³-hybridized carbons (Fsp3) is 0.200. The molecule has 0 fully saturated rings. The maximum absolute atomic E-state index is 9.87. The van der Waals surface area contributed by atoms with Crippen LogP contribution in [0.4, 0.5) is 0 Å². The first-order valence-corrected chi connectivity index (χ1v) is 6.74. The van der Waals surface area contributed by atoms with Crippen LogP contribution < -0.4 is 4.74 Å². The van der Waals surface area contributed by atoms with Gasteiger partial charge in [-0.15, -0.1) is 0 Å². The average molecular weight is 297 g/mol. The largest absolute Gasteiger partial charge is 0.508 e.